The van der Waals surface area contributed by atoms with E-state index >= 15 is 0 Å². The van der Waals surface area contributed by atoms with Gasteiger partial charge in [0.1, 0.15) is 5.01 Å². The van der Waals surface area contributed by atoms with Crippen LogP contribution >= 0.6 is 11.3 Å². The largest absolute Gasteiger partial charge is 0.494 e. The number of amides is 1. The third-order valence-electron chi connectivity index (χ3n) is 3.67. The number of benzene rings is 1. The van der Waals surface area contributed by atoms with Crippen molar-refractivity contribution in [2.24, 2.45) is 0 Å². The molecule has 122 valence electrons. The van der Waals surface area contributed by atoms with Gasteiger partial charge in [-0.05, 0) is 18.2 Å². The Bertz CT molecular complexity index is 698. The number of ether oxygens (including phenoxy) is 2. The summed E-state index contributed by atoms with van der Waals surface area (Å²) < 4.78 is 23.9. The van der Waals surface area contributed by atoms with Crippen LogP contribution in [-0.4, -0.2) is 49.2 Å². The molecule has 0 bridgehead atoms. The van der Waals surface area contributed by atoms with Crippen molar-refractivity contribution in [3.63, 3.8) is 0 Å². The Hall–Kier alpha value is -1.99. The number of methoxy groups -OCH3 is 1. The van der Waals surface area contributed by atoms with Crippen molar-refractivity contribution in [1.29, 1.82) is 0 Å². The van der Waals surface area contributed by atoms with E-state index in [1.54, 1.807) is 17.0 Å². The fraction of sp³-hybridized carbons (Fsp3) is 0.375. The summed E-state index contributed by atoms with van der Waals surface area (Å²) in [7, 11) is 1.43. The molecular formula is C16H17FN2O3S. The van der Waals surface area contributed by atoms with E-state index in [2.05, 4.69) is 4.98 Å². The number of hydrogen-bond acceptors (Lipinski definition) is 5. The Morgan fingerprint density at radius 3 is 2.91 bits per heavy atom. The van der Waals surface area contributed by atoms with Gasteiger partial charge in [-0.25, -0.2) is 9.37 Å². The second-order valence-corrected chi connectivity index (χ2v) is 6.09. The highest BCUT2D eigenvalue weighted by molar-refractivity contribution is 7.10. The minimum Gasteiger partial charge on any atom is -0.494 e. The summed E-state index contributed by atoms with van der Waals surface area (Å²) in [5, 5.41) is 2.57. The predicted octanol–water partition coefficient (Wildman–Crippen LogP) is 2.36. The van der Waals surface area contributed by atoms with E-state index in [4.69, 9.17) is 9.47 Å². The van der Waals surface area contributed by atoms with Crippen LogP contribution in [0.25, 0.3) is 11.3 Å². The summed E-state index contributed by atoms with van der Waals surface area (Å²) in [6, 6.07) is 4.72. The van der Waals surface area contributed by atoms with Crippen molar-refractivity contribution < 1.29 is 18.7 Å². The molecule has 1 fully saturated rings. The van der Waals surface area contributed by atoms with Gasteiger partial charge in [-0.1, -0.05) is 0 Å². The topological polar surface area (TPSA) is 51.7 Å². The molecule has 1 saturated heterocycles. The molecule has 0 unspecified atom stereocenters. The molecule has 1 amide bonds. The van der Waals surface area contributed by atoms with Crippen LogP contribution in [0.15, 0.2) is 23.6 Å². The molecule has 1 aliphatic heterocycles. The van der Waals surface area contributed by atoms with Crippen LogP contribution in [0.4, 0.5) is 4.39 Å². The molecule has 2 heterocycles. The maximum absolute atomic E-state index is 13.8. The monoisotopic (exact) mass is 336 g/mol. The van der Waals surface area contributed by atoms with Crippen LogP contribution in [0, 0.1) is 5.82 Å². The molecule has 7 heteroatoms. The average molecular weight is 336 g/mol. The quantitative estimate of drug-likeness (QED) is 0.860. The second-order valence-electron chi connectivity index (χ2n) is 5.15. The van der Waals surface area contributed by atoms with Crippen molar-refractivity contribution in [1.82, 2.24) is 9.88 Å². The summed E-state index contributed by atoms with van der Waals surface area (Å²) >= 11 is 1.41. The van der Waals surface area contributed by atoms with Gasteiger partial charge in [0.2, 0.25) is 5.91 Å². The Morgan fingerprint density at radius 2 is 2.22 bits per heavy atom. The molecule has 0 atom stereocenters. The first-order valence-corrected chi connectivity index (χ1v) is 8.19. The fourth-order valence-electron chi connectivity index (χ4n) is 2.40. The molecule has 1 aromatic heterocycles. The highest BCUT2D eigenvalue weighted by atomic mass is 32.1. The lowest BCUT2D eigenvalue weighted by Gasteiger charge is -2.26. The van der Waals surface area contributed by atoms with Crippen LogP contribution in [0.1, 0.15) is 5.01 Å². The molecule has 0 radical (unpaired) electrons. The van der Waals surface area contributed by atoms with E-state index in [0.29, 0.717) is 37.6 Å². The number of carbonyl (C=O) groups is 1. The molecule has 3 rings (SSSR count). The van der Waals surface area contributed by atoms with Crippen molar-refractivity contribution in [2.75, 3.05) is 33.4 Å². The maximum atomic E-state index is 13.8. The van der Waals surface area contributed by atoms with E-state index in [-0.39, 0.29) is 18.1 Å². The third kappa shape index (κ3) is 3.68. The van der Waals surface area contributed by atoms with E-state index in [0.717, 1.165) is 5.01 Å². The fourth-order valence-corrected chi connectivity index (χ4v) is 3.20. The van der Waals surface area contributed by atoms with Crippen molar-refractivity contribution in [3.8, 4) is 17.0 Å². The first-order valence-electron chi connectivity index (χ1n) is 7.31. The van der Waals surface area contributed by atoms with Crippen LogP contribution in [0.2, 0.25) is 0 Å². The molecule has 0 saturated carbocycles. The van der Waals surface area contributed by atoms with E-state index in [9.17, 15) is 9.18 Å². The second kappa shape index (κ2) is 7.06. The van der Waals surface area contributed by atoms with Crippen LogP contribution in [0.3, 0.4) is 0 Å². The number of thiazole rings is 1. The Morgan fingerprint density at radius 1 is 1.43 bits per heavy atom. The molecule has 23 heavy (non-hydrogen) atoms. The number of aromatic nitrogens is 1. The van der Waals surface area contributed by atoms with Crippen molar-refractivity contribution in [2.45, 2.75) is 6.42 Å². The van der Waals surface area contributed by atoms with Crippen molar-refractivity contribution in [3.05, 3.63) is 34.4 Å². The lowest BCUT2D eigenvalue weighted by Crippen LogP contribution is -2.41. The number of halogens is 1. The molecule has 2 aromatic rings. The number of nitrogens with zero attached hydrogens (tertiary/aromatic N) is 2. The first kappa shape index (κ1) is 15.9. The molecule has 1 aromatic carbocycles. The summed E-state index contributed by atoms with van der Waals surface area (Å²) in [6.07, 6.45) is 0.267. The van der Waals surface area contributed by atoms with E-state index in [1.807, 2.05) is 5.38 Å². The van der Waals surface area contributed by atoms with Gasteiger partial charge in [0, 0.05) is 24.0 Å². The van der Waals surface area contributed by atoms with E-state index in [1.165, 1.54) is 24.5 Å². The lowest BCUT2D eigenvalue weighted by atomic mass is 10.1. The van der Waals surface area contributed by atoms with Crippen molar-refractivity contribution >= 4 is 17.2 Å². The highest BCUT2D eigenvalue weighted by Crippen LogP contribution is 2.27. The average Bonchev–Trinajstić information content (AvgIpc) is 3.04. The minimum absolute atomic E-state index is 0.0510. The maximum Gasteiger partial charge on any atom is 0.229 e. The van der Waals surface area contributed by atoms with Gasteiger partial charge in [0.25, 0.3) is 0 Å². The molecular weight excluding hydrogens is 319 g/mol. The number of rotatable bonds is 4. The lowest BCUT2D eigenvalue weighted by molar-refractivity contribution is -0.134. The Labute approximate surface area is 137 Å². The van der Waals surface area contributed by atoms with Crippen LogP contribution in [0.5, 0.6) is 5.75 Å². The number of morpholine rings is 1. The van der Waals surface area contributed by atoms with E-state index < -0.39 is 5.82 Å². The Balaban J connectivity index is 1.70. The van der Waals surface area contributed by atoms with Gasteiger partial charge in [-0.2, -0.15) is 0 Å². The molecule has 5 nitrogen and oxygen atoms in total. The Kier molecular flexibility index (Phi) is 4.88. The normalized spacial score (nSPS) is 14.8. The van der Waals surface area contributed by atoms with Gasteiger partial charge in [-0.3, -0.25) is 4.79 Å². The van der Waals surface area contributed by atoms with Gasteiger partial charge >= 0.3 is 0 Å². The molecule has 0 spiro atoms. The first-order chi connectivity index (χ1) is 11.2. The third-order valence-corrected chi connectivity index (χ3v) is 4.51. The standard InChI is InChI=1S/C16H17FN2O3S/c1-21-14-3-2-11(8-12(14)17)13-10-23-15(18-13)9-16(20)19-4-6-22-7-5-19/h2-3,8,10H,4-7,9H2,1H3. The van der Waals surface area contributed by atoms with Crippen LogP contribution < -0.4 is 4.74 Å². The number of carbonyl (C=O) groups excluding carboxylic acids is 1. The minimum atomic E-state index is -0.427. The number of hydrogen-bond donors (Lipinski definition) is 0. The zero-order chi connectivity index (χ0) is 16.2. The molecule has 0 aliphatic carbocycles. The van der Waals surface area contributed by atoms with Gasteiger partial charge in [-0.15, -0.1) is 11.3 Å². The SMILES string of the molecule is COc1ccc(-c2csc(CC(=O)N3CCOCC3)n2)cc1F. The zero-order valence-corrected chi connectivity index (χ0v) is 13.6. The smallest absolute Gasteiger partial charge is 0.229 e. The van der Waals surface area contributed by atoms with Gasteiger partial charge < -0.3 is 14.4 Å². The summed E-state index contributed by atoms with van der Waals surface area (Å²) in [4.78, 5) is 18.4. The predicted molar refractivity (Wildman–Crippen MR) is 85.2 cm³/mol. The zero-order valence-electron chi connectivity index (χ0n) is 12.8. The van der Waals surface area contributed by atoms with Crippen LogP contribution in [-0.2, 0) is 16.0 Å². The van der Waals surface area contributed by atoms with Gasteiger partial charge in [0.05, 0.1) is 32.4 Å². The summed E-state index contributed by atoms with van der Waals surface area (Å²) in [6.45, 7) is 2.42. The summed E-state index contributed by atoms with van der Waals surface area (Å²) in [5.41, 5.74) is 1.34. The summed E-state index contributed by atoms with van der Waals surface area (Å²) in [5.74, 6) is -0.175. The molecule has 0 N–H and O–H groups in total. The molecule has 1 aliphatic rings. The van der Waals surface area contributed by atoms with Gasteiger partial charge in [0.15, 0.2) is 11.6 Å². The highest BCUT2D eigenvalue weighted by Gasteiger charge is 2.18.